The number of rotatable bonds is 4. The minimum atomic E-state index is -0.524. The molecule has 0 aliphatic heterocycles. The minimum absolute atomic E-state index is 0.524. The fraction of sp³-hybridized carbons (Fsp3) is 0.273. The molecule has 0 bridgehead atoms. The van der Waals surface area contributed by atoms with Crippen LogP contribution in [0, 0.1) is 0 Å². The monoisotopic (exact) mass is 230 g/mol. The average molecular weight is 231 g/mol. The first kappa shape index (κ1) is 11.6. The Morgan fingerprint density at radius 1 is 1.29 bits per heavy atom. The minimum Gasteiger partial charge on any atom is -0.388 e. The van der Waals surface area contributed by atoms with Crippen LogP contribution in [0.15, 0.2) is 30.9 Å². The van der Waals surface area contributed by atoms with Crippen molar-refractivity contribution in [3.05, 3.63) is 46.5 Å². The summed E-state index contributed by atoms with van der Waals surface area (Å²) in [5.74, 6) is 0. The van der Waals surface area contributed by atoms with E-state index in [1.807, 2.05) is 0 Å². The van der Waals surface area contributed by atoms with Gasteiger partial charge in [0.1, 0.15) is 0 Å². The van der Waals surface area contributed by atoms with Crippen LogP contribution in [0.5, 0.6) is 0 Å². The summed E-state index contributed by atoms with van der Waals surface area (Å²) < 4.78 is 0. The van der Waals surface area contributed by atoms with E-state index in [1.54, 1.807) is 24.3 Å². The number of allylic oxidation sites excluding steroid dienone is 1. The van der Waals surface area contributed by atoms with Crippen molar-refractivity contribution < 1.29 is 5.11 Å². The van der Waals surface area contributed by atoms with Gasteiger partial charge in [0, 0.05) is 10.0 Å². The van der Waals surface area contributed by atoms with Gasteiger partial charge in [0.15, 0.2) is 0 Å². The number of hydrogen-bond acceptors (Lipinski definition) is 1. The number of benzene rings is 1. The maximum atomic E-state index is 9.74. The summed E-state index contributed by atoms with van der Waals surface area (Å²) in [6, 6.07) is 5.09. The summed E-state index contributed by atoms with van der Waals surface area (Å²) in [5, 5.41) is 10.8. The molecule has 0 amide bonds. The molecule has 1 aromatic carbocycles. The largest absolute Gasteiger partial charge is 0.388 e. The van der Waals surface area contributed by atoms with E-state index >= 15 is 0 Å². The zero-order chi connectivity index (χ0) is 10.6. The van der Waals surface area contributed by atoms with E-state index in [0.29, 0.717) is 16.5 Å². The van der Waals surface area contributed by atoms with E-state index in [4.69, 9.17) is 23.2 Å². The fourth-order valence-corrected chi connectivity index (χ4v) is 1.75. The molecule has 1 unspecified atom stereocenters. The smallest absolute Gasteiger partial charge is 0.0794 e. The van der Waals surface area contributed by atoms with Crippen molar-refractivity contribution in [1.29, 1.82) is 0 Å². The average Bonchev–Trinajstić information content (AvgIpc) is 2.12. The van der Waals surface area contributed by atoms with Gasteiger partial charge in [-0.3, -0.25) is 0 Å². The molecule has 0 aromatic heterocycles. The first-order valence-electron chi connectivity index (χ1n) is 4.38. The molecular weight excluding hydrogens is 219 g/mol. The molecule has 3 heteroatoms. The molecule has 0 saturated carbocycles. The van der Waals surface area contributed by atoms with Gasteiger partial charge in [-0.05, 0) is 36.6 Å². The highest BCUT2D eigenvalue weighted by Gasteiger charge is 2.08. The van der Waals surface area contributed by atoms with E-state index in [1.165, 1.54) is 0 Å². The normalized spacial score (nSPS) is 12.5. The van der Waals surface area contributed by atoms with Gasteiger partial charge in [-0.15, -0.1) is 6.58 Å². The van der Waals surface area contributed by atoms with E-state index in [2.05, 4.69) is 6.58 Å². The Hall–Kier alpha value is -0.500. The molecule has 0 spiro atoms. The maximum Gasteiger partial charge on any atom is 0.0794 e. The Balaban J connectivity index is 2.78. The summed E-state index contributed by atoms with van der Waals surface area (Å²) >= 11 is 11.6. The van der Waals surface area contributed by atoms with Crippen molar-refractivity contribution in [3.63, 3.8) is 0 Å². The fourth-order valence-electron chi connectivity index (χ4n) is 1.21. The molecule has 1 nitrogen and oxygen atoms in total. The lowest BCUT2D eigenvalue weighted by molar-refractivity contribution is 0.169. The van der Waals surface area contributed by atoms with Gasteiger partial charge in [-0.2, -0.15) is 0 Å². The molecule has 1 aromatic rings. The predicted octanol–water partition coefficient (Wildman–Crippen LogP) is 3.99. The maximum absolute atomic E-state index is 9.74. The van der Waals surface area contributed by atoms with Crippen molar-refractivity contribution in [2.24, 2.45) is 0 Å². The first-order valence-corrected chi connectivity index (χ1v) is 5.14. The topological polar surface area (TPSA) is 20.2 Å². The van der Waals surface area contributed by atoms with Crippen LogP contribution in [-0.2, 0) is 0 Å². The highest BCUT2D eigenvalue weighted by Crippen LogP contribution is 2.25. The van der Waals surface area contributed by atoms with Crippen molar-refractivity contribution in [3.8, 4) is 0 Å². The highest BCUT2D eigenvalue weighted by atomic mass is 35.5. The molecule has 1 rings (SSSR count). The molecule has 0 radical (unpaired) electrons. The quantitative estimate of drug-likeness (QED) is 0.776. The van der Waals surface area contributed by atoms with E-state index in [-0.39, 0.29) is 0 Å². The molecule has 0 fully saturated rings. The second-order valence-corrected chi connectivity index (χ2v) is 3.96. The summed E-state index contributed by atoms with van der Waals surface area (Å²) in [6.45, 7) is 3.60. The van der Waals surface area contributed by atoms with E-state index < -0.39 is 6.10 Å². The van der Waals surface area contributed by atoms with Crippen molar-refractivity contribution in [1.82, 2.24) is 0 Å². The van der Waals surface area contributed by atoms with Gasteiger partial charge in [0.2, 0.25) is 0 Å². The van der Waals surface area contributed by atoms with Crippen LogP contribution in [0.25, 0.3) is 0 Å². The van der Waals surface area contributed by atoms with Crippen LogP contribution in [0.1, 0.15) is 24.5 Å². The van der Waals surface area contributed by atoms with Crippen molar-refractivity contribution in [2.75, 3.05) is 0 Å². The summed E-state index contributed by atoms with van der Waals surface area (Å²) in [7, 11) is 0. The van der Waals surface area contributed by atoms with Gasteiger partial charge < -0.3 is 5.11 Å². The number of halogens is 2. The lowest BCUT2D eigenvalue weighted by Crippen LogP contribution is -1.96. The van der Waals surface area contributed by atoms with Gasteiger partial charge >= 0.3 is 0 Å². The van der Waals surface area contributed by atoms with Gasteiger partial charge in [0.05, 0.1) is 6.10 Å². The lowest BCUT2D eigenvalue weighted by atomic mass is 10.1. The predicted molar refractivity (Wildman–Crippen MR) is 60.9 cm³/mol. The van der Waals surface area contributed by atoms with Gasteiger partial charge in [-0.25, -0.2) is 0 Å². The highest BCUT2D eigenvalue weighted by molar-refractivity contribution is 6.34. The van der Waals surface area contributed by atoms with E-state index in [9.17, 15) is 5.11 Å². The molecule has 1 N–H and O–H groups in total. The summed E-state index contributed by atoms with van der Waals surface area (Å²) in [5.41, 5.74) is 0.754. The Morgan fingerprint density at radius 2 is 1.86 bits per heavy atom. The van der Waals surface area contributed by atoms with Crippen LogP contribution in [0.2, 0.25) is 10.0 Å². The van der Waals surface area contributed by atoms with Crippen LogP contribution in [0.4, 0.5) is 0 Å². The molecule has 1 atom stereocenters. The van der Waals surface area contributed by atoms with Crippen molar-refractivity contribution >= 4 is 23.2 Å². The third kappa shape index (κ3) is 3.33. The summed E-state index contributed by atoms with van der Waals surface area (Å²) in [4.78, 5) is 0. The third-order valence-electron chi connectivity index (χ3n) is 1.91. The lowest BCUT2D eigenvalue weighted by Gasteiger charge is -2.10. The van der Waals surface area contributed by atoms with Crippen LogP contribution in [0.3, 0.4) is 0 Å². The first-order chi connectivity index (χ1) is 6.63. The van der Waals surface area contributed by atoms with Crippen molar-refractivity contribution in [2.45, 2.75) is 18.9 Å². The van der Waals surface area contributed by atoms with Crippen LogP contribution < -0.4 is 0 Å². The number of aliphatic hydroxyl groups excluding tert-OH is 1. The Morgan fingerprint density at radius 3 is 2.36 bits per heavy atom. The number of aliphatic hydroxyl groups is 1. The molecule has 0 saturated heterocycles. The molecule has 0 heterocycles. The van der Waals surface area contributed by atoms with Gasteiger partial charge in [0.25, 0.3) is 0 Å². The second-order valence-electron chi connectivity index (χ2n) is 3.08. The molecular formula is C11H12Cl2O. The number of hydrogen-bond donors (Lipinski definition) is 1. The zero-order valence-corrected chi connectivity index (χ0v) is 9.22. The Kier molecular flexibility index (Phi) is 4.46. The van der Waals surface area contributed by atoms with Crippen LogP contribution >= 0.6 is 23.2 Å². The Labute approximate surface area is 94.0 Å². The SMILES string of the molecule is C=CCCC(O)c1cc(Cl)cc(Cl)c1. The third-order valence-corrected chi connectivity index (χ3v) is 2.35. The standard InChI is InChI=1S/C11H12Cl2O/c1-2-3-4-11(14)8-5-9(12)7-10(13)6-8/h2,5-7,11,14H,1,3-4H2. The second kappa shape index (κ2) is 5.40. The summed E-state index contributed by atoms with van der Waals surface area (Å²) in [6.07, 6.45) is 2.66. The van der Waals surface area contributed by atoms with Gasteiger partial charge in [-0.1, -0.05) is 29.3 Å². The van der Waals surface area contributed by atoms with E-state index in [0.717, 1.165) is 12.0 Å². The zero-order valence-electron chi connectivity index (χ0n) is 7.71. The molecule has 76 valence electrons. The molecule has 14 heavy (non-hydrogen) atoms. The Bertz CT molecular complexity index is 303. The van der Waals surface area contributed by atoms with Crippen LogP contribution in [-0.4, -0.2) is 5.11 Å². The molecule has 0 aliphatic rings. The molecule has 0 aliphatic carbocycles.